The summed E-state index contributed by atoms with van der Waals surface area (Å²) >= 11 is 0. The van der Waals surface area contributed by atoms with Gasteiger partial charge in [-0.3, -0.25) is 0 Å². The fraction of sp³-hybridized carbons (Fsp3) is 0.346. The predicted molar refractivity (Wildman–Crippen MR) is 131 cm³/mol. The molecule has 9 heteroatoms. The van der Waals surface area contributed by atoms with Gasteiger partial charge in [0.1, 0.15) is 11.4 Å². The minimum atomic E-state index is -0.543. The molecule has 1 aromatic carbocycles. The molecule has 0 bridgehead atoms. The largest absolute Gasteiger partial charge is 0.444 e. The minimum Gasteiger partial charge on any atom is -0.444 e. The summed E-state index contributed by atoms with van der Waals surface area (Å²) in [6, 6.07) is 6.89. The molecule has 3 aromatic heterocycles. The Hall–Kier alpha value is -3.88. The van der Waals surface area contributed by atoms with Crippen LogP contribution < -0.4 is 0 Å². The van der Waals surface area contributed by atoms with Crippen LogP contribution in [0.1, 0.15) is 44.1 Å². The Morgan fingerprint density at radius 2 is 1.89 bits per heavy atom. The molecule has 0 atom stereocenters. The van der Waals surface area contributed by atoms with Crippen LogP contribution in [0.5, 0.6) is 0 Å². The van der Waals surface area contributed by atoms with E-state index in [0.717, 1.165) is 22.5 Å². The van der Waals surface area contributed by atoms with Crippen LogP contribution in [0.3, 0.4) is 0 Å². The number of benzene rings is 1. The SMILES string of the molecule is Cc1cn2nc(-c3cc(F)c4cc(C5=CCN(C(=O)OC(C)(C)C)CC5)nnc4c3)cc(C)c2n1. The van der Waals surface area contributed by atoms with E-state index in [1.165, 1.54) is 6.07 Å². The van der Waals surface area contributed by atoms with Crippen molar-refractivity contribution in [2.75, 3.05) is 13.1 Å². The molecule has 1 aliphatic heterocycles. The molecule has 0 saturated heterocycles. The third-order valence-electron chi connectivity index (χ3n) is 5.87. The highest BCUT2D eigenvalue weighted by Crippen LogP contribution is 2.29. The van der Waals surface area contributed by atoms with Gasteiger partial charge in [0, 0.05) is 24.0 Å². The summed E-state index contributed by atoms with van der Waals surface area (Å²) in [5.74, 6) is -0.387. The molecule has 0 saturated carbocycles. The monoisotopic (exact) mass is 474 g/mol. The summed E-state index contributed by atoms with van der Waals surface area (Å²) in [4.78, 5) is 18.4. The van der Waals surface area contributed by atoms with Crippen molar-refractivity contribution in [2.45, 2.75) is 46.6 Å². The highest BCUT2D eigenvalue weighted by Gasteiger charge is 2.24. The number of nitrogens with zero attached hydrogens (tertiary/aromatic N) is 6. The zero-order valence-electron chi connectivity index (χ0n) is 20.5. The summed E-state index contributed by atoms with van der Waals surface area (Å²) in [6.45, 7) is 10.3. The van der Waals surface area contributed by atoms with Crippen LogP contribution in [-0.2, 0) is 4.74 Å². The summed E-state index contributed by atoms with van der Waals surface area (Å²) < 4.78 is 22.4. The Morgan fingerprint density at radius 1 is 1.09 bits per heavy atom. The van der Waals surface area contributed by atoms with Crippen LogP contribution in [0, 0.1) is 19.7 Å². The van der Waals surface area contributed by atoms with Gasteiger partial charge in [-0.15, -0.1) is 5.10 Å². The lowest BCUT2D eigenvalue weighted by atomic mass is 10.0. The van der Waals surface area contributed by atoms with Crippen molar-refractivity contribution >= 4 is 28.2 Å². The molecule has 1 amide bonds. The van der Waals surface area contributed by atoms with Gasteiger partial charge in [0.05, 0.1) is 28.8 Å². The van der Waals surface area contributed by atoms with Crippen LogP contribution in [0.4, 0.5) is 9.18 Å². The number of aryl methyl sites for hydroxylation is 2. The Morgan fingerprint density at radius 3 is 2.60 bits per heavy atom. The summed E-state index contributed by atoms with van der Waals surface area (Å²) in [6.07, 6.45) is 4.01. The average Bonchev–Trinajstić information content (AvgIpc) is 3.18. The van der Waals surface area contributed by atoms with Gasteiger partial charge < -0.3 is 9.64 Å². The van der Waals surface area contributed by atoms with Crippen LogP contribution >= 0.6 is 0 Å². The van der Waals surface area contributed by atoms with Gasteiger partial charge in [0.25, 0.3) is 0 Å². The lowest BCUT2D eigenvalue weighted by molar-refractivity contribution is 0.0270. The molecule has 4 heterocycles. The third-order valence-corrected chi connectivity index (χ3v) is 5.87. The second-order valence-electron chi connectivity index (χ2n) is 9.89. The van der Waals surface area contributed by atoms with Gasteiger partial charge in [-0.1, -0.05) is 6.08 Å². The zero-order valence-corrected chi connectivity index (χ0v) is 20.5. The summed E-state index contributed by atoms with van der Waals surface area (Å²) in [7, 11) is 0. The first kappa shape index (κ1) is 22.9. The molecule has 4 aromatic rings. The van der Waals surface area contributed by atoms with Crippen molar-refractivity contribution in [3.8, 4) is 11.3 Å². The van der Waals surface area contributed by atoms with E-state index in [0.29, 0.717) is 47.4 Å². The van der Waals surface area contributed by atoms with Gasteiger partial charge in [-0.25, -0.2) is 18.7 Å². The van der Waals surface area contributed by atoms with E-state index in [1.807, 2.05) is 53.0 Å². The Balaban J connectivity index is 1.43. The molecule has 0 spiro atoms. The second-order valence-corrected chi connectivity index (χ2v) is 9.89. The van der Waals surface area contributed by atoms with E-state index in [-0.39, 0.29) is 11.9 Å². The number of hydrogen-bond donors (Lipinski definition) is 0. The van der Waals surface area contributed by atoms with Crippen LogP contribution in [0.25, 0.3) is 33.4 Å². The van der Waals surface area contributed by atoms with Crippen LogP contribution in [-0.4, -0.2) is 54.5 Å². The van der Waals surface area contributed by atoms with E-state index < -0.39 is 5.60 Å². The Labute approximate surface area is 202 Å². The normalized spacial score (nSPS) is 14.5. The molecular weight excluding hydrogens is 447 g/mol. The molecule has 5 rings (SSSR count). The van der Waals surface area contributed by atoms with Crippen molar-refractivity contribution in [1.29, 1.82) is 0 Å². The van der Waals surface area contributed by atoms with E-state index in [4.69, 9.17) is 4.74 Å². The lowest BCUT2D eigenvalue weighted by Gasteiger charge is -2.29. The number of halogens is 1. The van der Waals surface area contributed by atoms with Crippen molar-refractivity contribution in [3.05, 3.63) is 59.3 Å². The number of carbonyl (C=O) groups excluding carboxylic acids is 1. The smallest absolute Gasteiger partial charge is 0.410 e. The van der Waals surface area contributed by atoms with Crippen molar-refractivity contribution in [2.24, 2.45) is 0 Å². The van der Waals surface area contributed by atoms with Crippen molar-refractivity contribution in [1.82, 2.24) is 29.7 Å². The molecule has 0 N–H and O–H groups in total. The van der Waals surface area contributed by atoms with E-state index in [1.54, 1.807) is 21.5 Å². The number of aromatic nitrogens is 5. The fourth-order valence-corrected chi connectivity index (χ4v) is 4.19. The highest BCUT2D eigenvalue weighted by atomic mass is 19.1. The number of fused-ring (bicyclic) bond motifs is 2. The summed E-state index contributed by atoms with van der Waals surface area (Å²) in [5, 5.41) is 13.7. The van der Waals surface area contributed by atoms with Gasteiger partial charge in [-0.2, -0.15) is 10.2 Å². The van der Waals surface area contributed by atoms with Gasteiger partial charge in [-0.05, 0) is 76.4 Å². The Bertz CT molecular complexity index is 1500. The molecule has 0 radical (unpaired) electrons. The maximum atomic E-state index is 15.2. The average molecular weight is 475 g/mol. The molecule has 0 unspecified atom stereocenters. The van der Waals surface area contributed by atoms with Crippen LogP contribution in [0.2, 0.25) is 0 Å². The Kier molecular flexibility index (Phi) is 5.50. The predicted octanol–water partition coefficient (Wildman–Crippen LogP) is 5.12. The summed E-state index contributed by atoms with van der Waals surface area (Å²) in [5.41, 5.74) is 5.31. The first-order valence-electron chi connectivity index (χ1n) is 11.6. The van der Waals surface area contributed by atoms with Gasteiger partial charge >= 0.3 is 6.09 Å². The molecule has 0 aliphatic carbocycles. The zero-order chi connectivity index (χ0) is 24.9. The second kappa shape index (κ2) is 8.41. The number of hydrogen-bond acceptors (Lipinski definition) is 6. The topological polar surface area (TPSA) is 85.5 Å². The molecule has 35 heavy (non-hydrogen) atoms. The van der Waals surface area contributed by atoms with Crippen molar-refractivity contribution < 1.29 is 13.9 Å². The molecule has 1 aliphatic rings. The molecular formula is C26H27FN6O2. The molecule has 0 fully saturated rings. The third kappa shape index (κ3) is 4.58. The maximum absolute atomic E-state index is 15.2. The number of ether oxygens (including phenoxy) is 1. The van der Waals surface area contributed by atoms with Gasteiger partial charge in [0.2, 0.25) is 0 Å². The van der Waals surface area contributed by atoms with Gasteiger partial charge in [0.15, 0.2) is 5.65 Å². The van der Waals surface area contributed by atoms with E-state index >= 15 is 4.39 Å². The fourth-order valence-electron chi connectivity index (χ4n) is 4.19. The number of rotatable bonds is 2. The molecule has 8 nitrogen and oxygen atoms in total. The first-order valence-corrected chi connectivity index (χ1v) is 11.6. The molecule has 180 valence electrons. The van der Waals surface area contributed by atoms with Crippen molar-refractivity contribution in [3.63, 3.8) is 0 Å². The number of imidazole rings is 1. The first-order chi connectivity index (χ1) is 16.6. The number of carbonyl (C=O) groups is 1. The lowest BCUT2D eigenvalue weighted by Crippen LogP contribution is -2.39. The highest BCUT2D eigenvalue weighted by molar-refractivity contribution is 5.86. The quantitative estimate of drug-likeness (QED) is 0.401. The number of amides is 1. The van der Waals surface area contributed by atoms with E-state index in [9.17, 15) is 4.79 Å². The standard InChI is InChI=1S/C26H27FN6O2/c1-15-10-22(31-33-14-16(2)28-24(15)33)18-11-20(27)19-13-21(29-30-23(19)12-18)17-6-8-32(9-7-17)25(34)35-26(3,4)5/h6,10-14H,7-9H2,1-5H3. The minimum absolute atomic E-state index is 0.344. The maximum Gasteiger partial charge on any atom is 0.410 e. The van der Waals surface area contributed by atoms with Crippen LogP contribution in [0.15, 0.2) is 36.5 Å². The van der Waals surface area contributed by atoms with E-state index in [2.05, 4.69) is 20.3 Å².